The van der Waals surface area contributed by atoms with Gasteiger partial charge in [0.2, 0.25) is 0 Å². The third kappa shape index (κ3) is 1.33. The predicted molar refractivity (Wildman–Crippen MR) is 50.9 cm³/mol. The Bertz CT molecular complexity index is 300. The van der Waals surface area contributed by atoms with Crippen LogP contribution in [0.25, 0.3) is 6.08 Å². The van der Waals surface area contributed by atoms with Gasteiger partial charge in [0.15, 0.2) is 0 Å². The second kappa shape index (κ2) is 2.74. The van der Waals surface area contributed by atoms with Crippen LogP contribution in [0.5, 0.6) is 0 Å². The smallest absolute Gasteiger partial charge is 0.0164 e. The molecule has 0 amide bonds. The molecule has 2 rings (SSSR count). The summed E-state index contributed by atoms with van der Waals surface area (Å²) in [5.41, 5.74) is 2.72. The fourth-order valence-electron chi connectivity index (χ4n) is 1.22. The summed E-state index contributed by atoms with van der Waals surface area (Å²) in [6.45, 7) is 2.14. The lowest BCUT2D eigenvalue weighted by atomic mass is 10.1. The van der Waals surface area contributed by atoms with Crippen molar-refractivity contribution in [3.63, 3.8) is 0 Å². The molecule has 0 nitrogen and oxygen atoms in total. The van der Waals surface area contributed by atoms with E-state index in [1.54, 1.807) is 0 Å². The zero-order valence-corrected chi connectivity index (χ0v) is 7.32. The van der Waals surface area contributed by atoms with Crippen molar-refractivity contribution in [3.05, 3.63) is 35.4 Å². The topological polar surface area (TPSA) is 0 Å². The minimum atomic E-state index is 1.12. The first-order chi connectivity index (χ1) is 5.36. The van der Waals surface area contributed by atoms with Crippen molar-refractivity contribution in [2.24, 2.45) is 0 Å². The SMILES string of the molecule is Cc1ccc2c(c1)SCC=C2. The highest BCUT2D eigenvalue weighted by atomic mass is 32.2. The molecule has 1 heteroatoms. The number of fused-ring (bicyclic) bond motifs is 1. The van der Waals surface area contributed by atoms with Crippen LogP contribution in [0.1, 0.15) is 11.1 Å². The summed E-state index contributed by atoms with van der Waals surface area (Å²) in [6.07, 6.45) is 4.41. The first-order valence-corrected chi connectivity index (χ1v) is 4.75. The first-order valence-electron chi connectivity index (χ1n) is 3.76. The molecule has 0 unspecified atom stereocenters. The highest BCUT2D eigenvalue weighted by Crippen LogP contribution is 2.28. The van der Waals surface area contributed by atoms with Gasteiger partial charge in [-0.05, 0) is 24.1 Å². The summed E-state index contributed by atoms with van der Waals surface area (Å²) >= 11 is 1.92. The molecule has 1 aliphatic heterocycles. The lowest BCUT2D eigenvalue weighted by Crippen LogP contribution is -1.87. The Hall–Kier alpha value is -0.690. The van der Waals surface area contributed by atoms with Crippen LogP contribution in [0.15, 0.2) is 29.2 Å². The molecular formula is C10H10S. The first kappa shape index (κ1) is 6.99. The molecular weight excluding hydrogens is 152 g/mol. The van der Waals surface area contributed by atoms with Gasteiger partial charge in [0, 0.05) is 10.6 Å². The minimum absolute atomic E-state index is 1.12. The molecule has 0 saturated carbocycles. The minimum Gasteiger partial charge on any atom is -0.121 e. The highest BCUT2D eigenvalue weighted by Gasteiger charge is 2.03. The van der Waals surface area contributed by atoms with Crippen molar-refractivity contribution in [2.45, 2.75) is 11.8 Å². The molecule has 0 aromatic heterocycles. The number of hydrogen-bond acceptors (Lipinski definition) is 1. The maximum Gasteiger partial charge on any atom is 0.0164 e. The lowest BCUT2D eigenvalue weighted by Gasteiger charge is -2.09. The lowest BCUT2D eigenvalue weighted by molar-refractivity contribution is 1.33. The van der Waals surface area contributed by atoms with Crippen molar-refractivity contribution in [2.75, 3.05) is 5.75 Å². The van der Waals surface area contributed by atoms with Gasteiger partial charge in [0.1, 0.15) is 0 Å². The standard InChI is InChI=1S/C10H10S/c1-8-4-5-9-3-2-6-11-10(9)7-8/h2-5,7H,6H2,1H3. The van der Waals surface area contributed by atoms with Gasteiger partial charge in [-0.2, -0.15) is 0 Å². The van der Waals surface area contributed by atoms with E-state index >= 15 is 0 Å². The van der Waals surface area contributed by atoms with Gasteiger partial charge in [-0.25, -0.2) is 0 Å². The monoisotopic (exact) mass is 162 g/mol. The van der Waals surface area contributed by atoms with Crippen LogP contribution in [0.4, 0.5) is 0 Å². The van der Waals surface area contributed by atoms with E-state index in [1.807, 2.05) is 11.8 Å². The zero-order chi connectivity index (χ0) is 7.68. The van der Waals surface area contributed by atoms with Crippen molar-refractivity contribution < 1.29 is 0 Å². The van der Waals surface area contributed by atoms with Crippen molar-refractivity contribution in [1.29, 1.82) is 0 Å². The summed E-state index contributed by atoms with van der Waals surface area (Å²) in [6, 6.07) is 6.60. The van der Waals surface area contributed by atoms with Crippen LogP contribution in [-0.4, -0.2) is 5.75 Å². The molecule has 0 atom stereocenters. The molecule has 1 aromatic carbocycles. The molecule has 0 aliphatic carbocycles. The van der Waals surface area contributed by atoms with Crippen LogP contribution in [-0.2, 0) is 0 Å². The molecule has 0 fully saturated rings. The van der Waals surface area contributed by atoms with Gasteiger partial charge in [0.05, 0.1) is 0 Å². The molecule has 0 N–H and O–H groups in total. The Morgan fingerprint density at radius 2 is 2.27 bits per heavy atom. The van der Waals surface area contributed by atoms with Crippen LogP contribution in [0.3, 0.4) is 0 Å². The number of thioether (sulfide) groups is 1. The Morgan fingerprint density at radius 3 is 3.18 bits per heavy atom. The van der Waals surface area contributed by atoms with Gasteiger partial charge in [-0.1, -0.05) is 24.3 Å². The summed E-state index contributed by atoms with van der Waals surface area (Å²) in [7, 11) is 0. The number of rotatable bonds is 0. The van der Waals surface area contributed by atoms with E-state index in [2.05, 4.69) is 37.3 Å². The van der Waals surface area contributed by atoms with Crippen molar-refractivity contribution >= 4 is 17.8 Å². The van der Waals surface area contributed by atoms with Crippen LogP contribution >= 0.6 is 11.8 Å². The normalized spacial score (nSPS) is 14.6. The van der Waals surface area contributed by atoms with Crippen LogP contribution in [0.2, 0.25) is 0 Å². The van der Waals surface area contributed by atoms with Crippen molar-refractivity contribution in [3.8, 4) is 0 Å². The van der Waals surface area contributed by atoms with Gasteiger partial charge < -0.3 is 0 Å². The third-order valence-corrected chi connectivity index (χ3v) is 2.83. The molecule has 0 radical (unpaired) electrons. The maximum atomic E-state index is 2.25. The average molecular weight is 162 g/mol. The van der Waals surface area contributed by atoms with E-state index in [9.17, 15) is 0 Å². The number of benzene rings is 1. The van der Waals surface area contributed by atoms with E-state index in [-0.39, 0.29) is 0 Å². The van der Waals surface area contributed by atoms with E-state index in [0.717, 1.165) is 5.75 Å². The van der Waals surface area contributed by atoms with Gasteiger partial charge in [-0.15, -0.1) is 11.8 Å². The second-order valence-electron chi connectivity index (χ2n) is 2.75. The number of aryl methyl sites for hydroxylation is 1. The fourth-order valence-corrected chi connectivity index (χ4v) is 2.16. The van der Waals surface area contributed by atoms with Gasteiger partial charge in [-0.3, -0.25) is 0 Å². The largest absolute Gasteiger partial charge is 0.121 e. The van der Waals surface area contributed by atoms with Gasteiger partial charge >= 0.3 is 0 Å². The van der Waals surface area contributed by atoms with Crippen LogP contribution in [0, 0.1) is 6.92 Å². The van der Waals surface area contributed by atoms with Gasteiger partial charge in [0.25, 0.3) is 0 Å². The predicted octanol–water partition coefficient (Wildman–Crippen LogP) is 3.11. The molecule has 0 saturated heterocycles. The summed E-state index contributed by atoms with van der Waals surface area (Å²) in [4.78, 5) is 1.42. The maximum absolute atomic E-state index is 2.25. The quantitative estimate of drug-likeness (QED) is 0.565. The van der Waals surface area contributed by atoms with E-state index < -0.39 is 0 Å². The highest BCUT2D eigenvalue weighted by molar-refractivity contribution is 7.99. The van der Waals surface area contributed by atoms with Crippen molar-refractivity contribution in [1.82, 2.24) is 0 Å². The molecule has 0 spiro atoms. The summed E-state index contributed by atoms with van der Waals surface area (Å²) in [5.74, 6) is 1.12. The molecule has 56 valence electrons. The third-order valence-electron chi connectivity index (χ3n) is 1.80. The summed E-state index contributed by atoms with van der Waals surface area (Å²) in [5, 5.41) is 0. The fraction of sp³-hybridized carbons (Fsp3) is 0.200. The molecule has 0 bridgehead atoms. The molecule has 1 aliphatic rings. The van der Waals surface area contributed by atoms with Crippen LogP contribution < -0.4 is 0 Å². The van der Waals surface area contributed by atoms with E-state index in [1.165, 1.54) is 16.0 Å². The van der Waals surface area contributed by atoms with E-state index in [0.29, 0.717) is 0 Å². The molecule has 11 heavy (non-hydrogen) atoms. The zero-order valence-electron chi connectivity index (χ0n) is 6.50. The number of hydrogen-bond donors (Lipinski definition) is 0. The molecule has 1 heterocycles. The molecule has 1 aromatic rings. The van der Waals surface area contributed by atoms with E-state index in [4.69, 9.17) is 0 Å². The average Bonchev–Trinajstić information content (AvgIpc) is 2.04. The Balaban J connectivity index is 2.53. The Kier molecular flexibility index (Phi) is 1.74. The second-order valence-corrected chi connectivity index (χ2v) is 3.82. The Morgan fingerprint density at radius 1 is 1.36 bits per heavy atom. The summed E-state index contributed by atoms with van der Waals surface area (Å²) < 4.78 is 0. The Labute approximate surface area is 71.3 Å².